The normalized spacial score (nSPS) is 15.8. The molecule has 0 radical (unpaired) electrons. The van der Waals surface area contributed by atoms with Gasteiger partial charge in [0.05, 0.1) is 10.7 Å². The maximum absolute atomic E-state index is 12.0. The van der Waals surface area contributed by atoms with Crippen LogP contribution >= 0.6 is 11.3 Å². The van der Waals surface area contributed by atoms with Crippen LogP contribution in [0.25, 0.3) is 0 Å². The lowest BCUT2D eigenvalue weighted by atomic mass is 10.3. The molecule has 0 aromatic carbocycles. The Kier molecular flexibility index (Phi) is 5.49. The van der Waals surface area contributed by atoms with Gasteiger partial charge in [-0.05, 0) is 19.9 Å². The summed E-state index contributed by atoms with van der Waals surface area (Å²) >= 11 is 1.59. The van der Waals surface area contributed by atoms with Crippen LogP contribution in [0, 0.1) is 6.92 Å². The number of carbonyl (C=O) groups excluding carboxylic acids is 2. The van der Waals surface area contributed by atoms with Gasteiger partial charge in [-0.2, -0.15) is 0 Å². The van der Waals surface area contributed by atoms with Crippen molar-refractivity contribution in [3.05, 3.63) is 16.1 Å². The van der Waals surface area contributed by atoms with Crippen LogP contribution in [0.4, 0.5) is 0 Å². The zero-order valence-electron chi connectivity index (χ0n) is 11.6. The predicted octanol–water partition coefficient (Wildman–Crippen LogP) is -0.0679. The van der Waals surface area contributed by atoms with Gasteiger partial charge in [-0.25, -0.2) is 4.98 Å². The van der Waals surface area contributed by atoms with Crippen molar-refractivity contribution in [1.82, 2.24) is 20.5 Å². The lowest BCUT2D eigenvalue weighted by molar-refractivity contribution is -0.145. The van der Waals surface area contributed by atoms with E-state index in [1.54, 1.807) is 16.2 Å². The zero-order chi connectivity index (χ0) is 14.4. The third kappa shape index (κ3) is 4.28. The number of carbonyl (C=O) groups is 2. The Morgan fingerprint density at radius 3 is 3.05 bits per heavy atom. The Morgan fingerprint density at radius 1 is 1.45 bits per heavy atom. The maximum Gasteiger partial charge on any atom is 0.311 e. The van der Waals surface area contributed by atoms with Crippen molar-refractivity contribution in [3.8, 4) is 0 Å². The van der Waals surface area contributed by atoms with Crippen LogP contribution in [0.2, 0.25) is 0 Å². The molecule has 2 N–H and O–H groups in total. The topological polar surface area (TPSA) is 74.3 Å². The lowest BCUT2D eigenvalue weighted by Gasteiger charge is -2.18. The first-order valence-electron chi connectivity index (χ1n) is 6.85. The fourth-order valence-electron chi connectivity index (χ4n) is 2.10. The number of amides is 2. The Hall–Kier alpha value is -1.47. The molecule has 2 amide bonds. The molecule has 1 aliphatic rings. The molecule has 20 heavy (non-hydrogen) atoms. The highest BCUT2D eigenvalue weighted by Gasteiger charge is 2.21. The van der Waals surface area contributed by atoms with Gasteiger partial charge in [0.1, 0.15) is 0 Å². The Morgan fingerprint density at radius 2 is 2.30 bits per heavy atom. The average molecular weight is 296 g/mol. The quantitative estimate of drug-likeness (QED) is 0.766. The van der Waals surface area contributed by atoms with Gasteiger partial charge in [0.2, 0.25) is 0 Å². The molecule has 0 saturated carbocycles. The largest absolute Gasteiger partial charge is 0.347 e. The summed E-state index contributed by atoms with van der Waals surface area (Å²) in [6, 6.07) is 0. The molecule has 1 aliphatic heterocycles. The van der Waals surface area contributed by atoms with E-state index in [1.165, 1.54) is 0 Å². The standard InChI is InChI=1S/C13H20N4O2S/c1-10-16-11(9-20-10)3-5-15-12(18)13(19)17-7-2-4-14-6-8-17/h9,14H,2-8H2,1H3,(H,15,18). The van der Waals surface area contributed by atoms with Gasteiger partial charge in [0, 0.05) is 38.0 Å². The van der Waals surface area contributed by atoms with Crippen molar-refractivity contribution >= 4 is 23.2 Å². The van der Waals surface area contributed by atoms with Crippen molar-refractivity contribution in [2.75, 3.05) is 32.7 Å². The van der Waals surface area contributed by atoms with Gasteiger partial charge in [-0.1, -0.05) is 0 Å². The first-order chi connectivity index (χ1) is 9.66. The molecule has 0 aliphatic carbocycles. The summed E-state index contributed by atoms with van der Waals surface area (Å²) in [5.74, 6) is -0.943. The molecular formula is C13H20N4O2S. The second-order valence-corrected chi connectivity index (χ2v) is 5.82. The maximum atomic E-state index is 12.0. The minimum Gasteiger partial charge on any atom is -0.347 e. The number of aromatic nitrogens is 1. The summed E-state index contributed by atoms with van der Waals surface area (Å²) < 4.78 is 0. The summed E-state index contributed by atoms with van der Waals surface area (Å²) in [6.45, 7) is 5.28. The summed E-state index contributed by atoms with van der Waals surface area (Å²) in [7, 11) is 0. The fourth-order valence-corrected chi connectivity index (χ4v) is 2.74. The van der Waals surface area contributed by atoms with Gasteiger partial charge < -0.3 is 15.5 Å². The smallest absolute Gasteiger partial charge is 0.311 e. The van der Waals surface area contributed by atoms with Gasteiger partial charge >= 0.3 is 11.8 Å². The second-order valence-electron chi connectivity index (χ2n) is 4.76. The third-order valence-corrected chi connectivity index (χ3v) is 3.98. The molecule has 0 bridgehead atoms. The first kappa shape index (κ1) is 14.9. The van der Waals surface area contributed by atoms with Crippen molar-refractivity contribution in [2.45, 2.75) is 19.8 Å². The number of hydrogen-bond donors (Lipinski definition) is 2. The molecule has 0 spiro atoms. The van der Waals surface area contributed by atoms with Crippen LogP contribution in [0.5, 0.6) is 0 Å². The van der Waals surface area contributed by atoms with E-state index in [4.69, 9.17) is 0 Å². The van der Waals surface area contributed by atoms with E-state index in [1.807, 2.05) is 12.3 Å². The third-order valence-electron chi connectivity index (χ3n) is 3.15. The van der Waals surface area contributed by atoms with Crippen LogP contribution in [0.15, 0.2) is 5.38 Å². The lowest BCUT2D eigenvalue weighted by Crippen LogP contribution is -2.44. The van der Waals surface area contributed by atoms with Crippen molar-refractivity contribution in [3.63, 3.8) is 0 Å². The molecule has 6 nitrogen and oxygen atoms in total. The zero-order valence-corrected chi connectivity index (χ0v) is 12.5. The van der Waals surface area contributed by atoms with Crippen molar-refractivity contribution in [2.24, 2.45) is 0 Å². The highest BCUT2D eigenvalue weighted by molar-refractivity contribution is 7.09. The van der Waals surface area contributed by atoms with E-state index in [2.05, 4.69) is 15.6 Å². The average Bonchev–Trinajstić information content (AvgIpc) is 2.68. The van der Waals surface area contributed by atoms with E-state index >= 15 is 0 Å². The monoisotopic (exact) mass is 296 g/mol. The van der Waals surface area contributed by atoms with Crippen LogP contribution in [-0.2, 0) is 16.0 Å². The van der Waals surface area contributed by atoms with Gasteiger partial charge in [-0.3, -0.25) is 9.59 Å². The molecule has 110 valence electrons. The number of rotatable bonds is 3. The molecule has 1 fully saturated rings. The molecule has 2 rings (SSSR count). The van der Waals surface area contributed by atoms with Crippen LogP contribution < -0.4 is 10.6 Å². The number of thiazole rings is 1. The first-order valence-corrected chi connectivity index (χ1v) is 7.73. The SMILES string of the molecule is Cc1nc(CCNC(=O)C(=O)N2CCCNCC2)cs1. The molecule has 1 saturated heterocycles. The molecule has 7 heteroatoms. The Labute approximate surface area is 122 Å². The summed E-state index contributed by atoms with van der Waals surface area (Å²) in [5, 5.41) is 8.87. The van der Waals surface area contributed by atoms with Gasteiger partial charge in [0.25, 0.3) is 0 Å². The number of nitrogens with zero attached hydrogens (tertiary/aromatic N) is 2. The predicted molar refractivity (Wildman–Crippen MR) is 77.6 cm³/mol. The summed E-state index contributed by atoms with van der Waals surface area (Å²) in [6.07, 6.45) is 1.54. The van der Waals surface area contributed by atoms with E-state index in [0.29, 0.717) is 26.1 Å². The molecular weight excluding hydrogens is 276 g/mol. The fraction of sp³-hybridized carbons (Fsp3) is 0.615. The van der Waals surface area contributed by atoms with Crippen LogP contribution in [0.3, 0.4) is 0 Å². The molecule has 1 aromatic rings. The number of aryl methyl sites for hydroxylation is 1. The van der Waals surface area contributed by atoms with E-state index in [-0.39, 0.29) is 0 Å². The van der Waals surface area contributed by atoms with E-state index in [9.17, 15) is 9.59 Å². The number of hydrogen-bond acceptors (Lipinski definition) is 5. The molecule has 1 aromatic heterocycles. The van der Waals surface area contributed by atoms with Crippen LogP contribution in [0.1, 0.15) is 17.1 Å². The second kappa shape index (κ2) is 7.35. The molecule has 0 unspecified atom stereocenters. The molecule has 0 atom stereocenters. The molecule has 2 heterocycles. The highest BCUT2D eigenvalue weighted by atomic mass is 32.1. The minimum absolute atomic E-state index is 0.428. The Bertz CT molecular complexity index is 467. The van der Waals surface area contributed by atoms with Crippen molar-refractivity contribution < 1.29 is 9.59 Å². The summed E-state index contributed by atoms with van der Waals surface area (Å²) in [4.78, 5) is 29.7. The minimum atomic E-state index is -0.515. The highest BCUT2D eigenvalue weighted by Crippen LogP contribution is 2.07. The van der Waals surface area contributed by atoms with Crippen LogP contribution in [-0.4, -0.2) is 54.4 Å². The van der Waals surface area contributed by atoms with Crippen molar-refractivity contribution in [1.29, 1.82) is 0 Å². The van der Waals surface area contributed by atoms with Gasteiger partial charge in [0.15, 0.2) is 0 Å². The Balaban J connectivity index is 1.74. The number of nitrogens with one attached hydrogen (secondary N) is 2. The summed E-state index contributed by atoms with van der Waals surface area (Å²) in [5.41, 5.74) is 0.958. The van der Waals surface area contributed by atoms with Gasteiger partial charge in [-0.15, -0.1) is 11.3 Å². The van der Waals surface area contributed by atoms with E-state index < -0.39 is 11.8 Å². The van der Waals surface area contributed by atoms with E-state index in [0.717, 1.165) is 30.2 Å².